The van der Waals surface area contributed by atoms with Crippen LogP contribution in [0.15, 0.2) is 0 Å². The molecule has 1 aliphatic heterocycles. The average molecular weight is 134 g/mol. The van der Waals surface area contributed by atoms with E-state index in [1.54, 1.807) is 0 Å². The van der Waals surface area contributed by atoms with E-state index >= 15 is 0 Å². The largest absolute Gasteiger partial charge is 0.701 e. The van der Waals surface area contributed by atoms with E-state index in [2.05, 4.69) is 19.7 Å². The Morgan fingerprint density at radius 3 is 2.56 bits per heavy atom. The van der Waals surface area contributed by atoms with E-state index < -0.39 is 7.32 Å². The van der Waals surface area contributed by atoms with E-state index in [4.69, 9.17) is 4.65 Å². The molecule has 0 aliphatic carbocycles. The average Bonchev–Trinajstić information content (AvgIpc) is 2.34. The molecule has 1 heterocycles. The van der Waals surface area contributed by atoms with E-state index in [0.29, 0.717) is 6.61 Å². The van der Waals surface area contributed by atoms with Gasteiger partial charge >= 0.3 is 7.32 Å². The first-order valence-electron chi connectivity index (χ1n) is 2.70. The minimum absolute atomic E-state index is 0.553. The standard InChI is InChI=1S/C3H7BO5/c1-2-3-5-4-6-8-9-7-4/h2-3H2,1H3. The van der Waals surface area contributed by atoms with Crippen molar-refractivity contribution in [3.63, 3.8) is 0 Å². The normalized spacial score (nSPS) is 19.0. The third kappa shape index (κ3) is 2.29. The van der Waals surface area contributed by atoms with Crippen LogP contribution in [0, 0.1) is 0 Å². The van der Waals surface area contributed by atoms with Gasteiger partial charge in [0.25, 0.3) is 0 Å². The minimum atomic E-state index is -0.829. The molecule has 1 fully saturated rings. The van der Waals surface area contributed by atoms with Gasteiger partial charge in [-0.15, -0.1) is 0 Å². The van der Waals surface area contributed by atoms with Gasteiger partial charge in [0.15, 0.2) is 0 Å². The molecule has 0 saturated carbocycles. The third-order valence-electron chi connectivity index (χ3n) is 0.722. The van der Waals surface area contributed by atoms with Crippen molar-refractivity contribution < 1.29 is 24.3 Å². The van der Waals surface area contributed by atoms with Gasteiger partial charge < -0.3 is 4.65 Å². The van der Waals surface area contributed by atoms with Gasteiger partial charge in [0.2, 0.25) is 0 Å². The number of rotatable bonds is 3. The summed E-state index contributed by atoms with van der Waals surface area (Å²) in [5.41, 5.74) is 0. The summed E-state index contributed by atoms with van der Waals surface area (Å²) in [4.78, 5) is 8.58. The summed E-state index contributed by atoms with van der Waals surface area (Å²) in [6.45, 7) is 2.52. The first-order chi connectivity index (χ1) is 4.43. The molecule has 0 radical (unpaired) electrons. The molecule has 52 valence electrons. The molecule has 0 spiro atoms. The maximum absolute atomic E-state index is 4.86. The van der Waals surface area contributed by atoms with Gasteiger partial charge in [-0.05, 0) is 16.5 Å². The lowest BCUT2D eigenvalue weighted by atomic mass is 10.2. The summed E-state index contributed by atoms with van der Waals surface area (Å²) in [5, 5.41) is 7.81. The number of hydrogen-bond donors (Lipinski definition) is 0. The molecule has 6 heteroatoms. The first-order valence-corrected chi connectivity index (χ1v) is 2.70. The highest BCUT2D eigenvalue weighted by Crippen LogP contribution is 2.03. The molecule has 0 amide bonds. The predicted molar refractivity (Wildman–Crippen MR) is 26.3 cm³/mol. The van der Waals surface area contributed by atoms with Crippen LogP contribution in [0.2, 0.25) is 0 Å². The van der Waals surface area contributed by atoms with Crippen LogP contribution < -0.4 is 0 Å². The van der Waals surface area contributed by atoms with E-state index in [9.17, 15) is 0 Å². The summed E-state index contributed by atoms with van der Waals surface area (Å²) < 4.78 is 4.86. The van der Waals surface area contributed by atoms with Gasteiger partial charge in [-0.25, -0.2) is 0 Å². The monoisotopic (exact) mass is 134 g/mol. The molecule has 0 atom stereocenters. The van der Waals surface area contributed by atoms with Crippen molar-refractivity contribution in [1.82, 2.24) is 0 Å². The summed E-state index contributed by atoms with van der Waals surface area (Å²) >= 11 is 0. The first kappa shape index (κ1) is 6.98. The summed E-state index contributed by atoms with van der Waals surface area (Å²) in [6, 6.07) is 0. The fourth-order valence-electron chi connectivity index (χ4n) is 0.382. The maximum atomic E-state index is 4.86. The molecule has 0 N–H and O–H groups in total. The molecule has 0 unspecified atom stereocenters. The fraction of sp³-hybridized carbons (Fsp3) is 1.00. The van der Waals surface area contributed by atoms with Crippen LogP contribution >= 0.6 is 0 Å². The van der Waals surface area contributed by atoms with Crippen LogP contribution in [0.4, 0.5) is 0 Å². The zero-order chi connectivity index (χ0) is 6.53. The van der Waals surface area contributed by atoms with E-state index in [1.807, 2.05) is 6.92 Å². The van der Waals surface area contributed by atoms with Gasteiger partial charge in [-0.3, -0.25) is 0 Å². The Labute approximate surface area is 52.7 Å². The van der Waals surface area contributed by atoms with Crippen molar-refractivity contribution in [3.05, 3.63) is 0 Å². The van der Waals surface area contributed by atoms with Crippen LogP contribution in [-0.4, -0.2) is 13.9 Å². The lowest BCUT2D eigenvalue weighted by molar-refractivity contribution is -0.532. The molecular weight excluding hydrogens is 127 g/mol. The zero-order valence-electron chi connectivity index (χ0n) is 5.03. The van der Waals surface area contributed by atoms with Crippen molar-refractivity contribution >= 4 is 7.32 Å². The van der Waals surface area contributed by atoms with Gasteiger partial charge in [0, 0.05) is 6.61 Å². The Balaban J connectivity index is 1.98. The Morgan fingerprint density at radius 1 is 1.33 bits per heavy atom. The van der Waals surface area contributed by atoms with Crippen LogP contribution in [-0.2, 0) is 24.3 Å². The molecule has 0 bridgehead atoms. The SMILES string of the molecule is CCCOB1OOOO1. The fourth-order valence-corrected chi connectivity index (χ4v) is 0.382. The highest BCUT2D eigenvalue weighted by molar-refractivity contribution is 6.35. The smallest absolute Gasteiger partial charge is 0.383 e. The Kier molecular flexibility index (Phi) is 2.95. The maximum Gasteiger partial charge on any atom is 0.701 e. The minimum Gasteiger partial charge on any atom is -0.383 e. The second kappa shape index (κ2) is 3.81. The molecule has 0 aromatic heterocycles. The molecule has 1 aliphatic rings. The lowest BCUT2D eigenvalue weighted by Gasteiger charge is -1.96. The molecule has 1 saturated heterocycles. The predicted octanol–water partition coefficient (Wildman–Crippen LogP) is 0.223. The van der Waals surface area contributed by atoms with Crippen molar-refractivity contribution in [3.8, 4) is 0 Å². The summed E-state index contributed by atoms with van der Waals surface area (Å²) in [5.74, 6) is 0. The van der Waals surface area contributed by atoms with Gasteiger partial charge in [0.1, 0.15) is 0 Å². The molecule has 5 nitrogen and oxygen atoms in total. The van der Waals surface area contributed by atoms with Crippen LogP contribution in [0.25, 0.3) is 0 Å². The quantitative estimate of drug-likeness (QED) is 0.408. The summed E-state index contributed by atoms with van der Waals surface area (Å²) in [6.07, 6.45) is 0.892. The topological polar surface area (TPSA) is 46.2 Å². The van der Waals surface area contributed by atoms with E-state index in [1.165, 1.54) is 0 Å². The highest BCUT2D eigenvalue weighted by atomic mass is 17.7. The van der Waals surface area contributed by atoms with Crippen molar-refractivity contribution in [2.75, 3.05) is 6.61 Å². The molecular formula is C3H7BO5. The van der Waals surface area contributed by atoms with Crippen LogP contribution in [0.5, 0.6) is 0 Å². The Morgan fingerprint density at radius 2 is 2.00 bits per heavy atom. The highest BCUT2D eigenvalue weighted by Gasteiger charge is 2.31. The van der Waals surface area contributed by atoms with Gasteiger partial charge in [-0.1, -0.05) is 6.92 Å². The molecule has 1 rings (SSSR count). The van der Waals surface area contributed by atoms with Gasteiger partial charge in [-0.2, -0.15) is 9.61 Å². The second-order valence-electron chi connectivity index (χ2n) is 1.49. The Bertz CT molecular complexity index is 72.6. The molecule has 0 aromatic rings. The van der Waals surface area contributed by atoms with Crippen molar-refractivity contribution in [2.45, 2.75) is 13.3 Å². The zero-order valence-corrected chi connectivity index (χ0v) is 5.03. The van der Waals surface area contributed by atoms with Crippen molar-refractivity contribution in [2.24, 2.45) is 0 Å². The van der Waals surface area contributed by atoms with Gasteiger partial charge in [0.05, 0.1) is 0 Å². The third-order valence-corrected chi connectivity index (χ3v) is 0.722. The van der Waals surface area contributed by atoms with Crippen molar-refractivity contribution in [1.29, 1.82) is 0 Å². The van der Waals surface area contributed by atoms with Crippen LogP contribution in [0.1, 0.15) is 13.3 Å². The lowest BCUT2D eigenvalue weighted by Crippen LogP contribution is -2.19. The van der Waals surface area contributed by atoms with Crippen LogP contribution in [0.3, 0.4) is 0 Å². The van der Waals surface area contributed by atoms with E-state index in [-0.39, 0.29) is 0 Å². The summed E-state index contributed by atoms with van der Waals surface area (Å²) in [7, 11) is -0.829. The second-order valence-corrected chi connectivity index (χ2v) is 1.49. The molecule has 0 aromatic carbocycles. The molecule has 9 heavy (non-hydrogen) atoms. The van der Waals surface area contributed by atoms with E-state index in [0.717, 1.165) is 6.42 Å². The Hall–Kier alpha value is -0.135. The number of hydrogen-bond acceptors (Lipinski definition) is 5.